The fourth-order valence-electron chi connectivity index (χ4n) is 3.61. The summed E-state index contributed by atoms with van der Waals surface area (Å²) in [5.74, 6) is 0.267. The third kappa shape index (κ3) is 3.75. The van der Waals surface area contributed by atoms with Crippen LogP contribution in [0.3, 0.4) is 0 Å². The first-order valence-corrected chi connectivity index (χ1v) is 10.1. The van der Waals surface area contributed by atoms with Crippen molar-refractivity contribution < 1.29 is 4.79 Å². The van der Waals surface area contributed by atoms with Crippen molar-refractivity contribution in [1.29, 1.82) is 0 Å². The molecule has 1 amide bonds. The molecule has 154 valence electrons. The second kappa shape index (κ2) is 7.64. The van der Waals surface area contributed by atoms with E-state index in [0.29, 0.717) is 18.0 Å². The van der Waals surface area contributed by atoms with Gasteiger partial charge in [-0.05, 0) is 30.2 Å². The molecule has 0 radical (unpaired) electrons. The maximum Gasteiger partial charge on any atom is 0.224 e. The standard InChI is InChI=1S/C23H21N7O/c1-13(2)5-22(31)27-16-6-15(9-25-10-16)18-8-17-21(12-26-18)29-30-23(17)19-7-14-3-4-24-11-20(14)28-19/h3-4,6-13,28H,5H2,1-2H3,(H,27,31)(H,29,30). The van der Waals surface area contributed by atoms with Gasteiger partial charge in [-0.1, -0.05) is 13.8 Å². The Morgan fingerprint density at radius 2 is 1.97 bits per heavy atom. The molecule has 0 aliphatic rings. The molecule has 5 aromatic heterocycles. The lowest BCUT2D eigenvalue weighted by Crippen LogP contribution is -2.13. The van der Waals surface area contributed by atoms with Crippen LogP contribution in [0, 0.1) is 5.92 Å². The number of pyridine rings is 3. The van der Waals surface area contributed by atoms with Crippen molar-refractivity contribution in [3.63, 3.8) is 0 Å². The fourth-order valence-corrected chi connectivity index (χ4v) is 3.61. The highest BCUT2D eigenvalue weighted by molar-refractivity contribution is 5.97. The van der Waals surface area contributed by atoms with Crippen LogP contribution in [0.5, 0.6) is 0 Å². The second-order valence-corrected chi connectivity index (χ2v) is 7.94. The van der Waals surface area contributed by atoms with Gasteiger partial charge in [0.1, 0.15) is 5.69 Å². The molecule has 0 unspecified atom stereocenters. The summed E-state index contributed by atoms with van der Waals surface area (Å²) in [6.45, 7) is 4.03. The summed E-state index contributed by atoms with van der Waals surface area (Å²) in [7, 11) is 0. The number of amides is 1. The molecule has 31 heavy (non-hydrogen) atoms. The van der Waals surface area contributed by atoms with Crippen LogP contribution in [0.2, 0.25) is 0 Å². The van der Waals surface area contributed by atoms with E-state index in [9.17, 15) is 4.79 Å². The summed E-state index contributed by atoms with van der Waals surface area (Å²) in [4.78, 5) is 28.5. The van der Waals surface area contributed by atoms with Crippen LogP contribution >= 0.6 is 0 Å². The van der Waals surface area contributed by atoms with Gasteiger partial charge in [0.05, 0.1) is 46.7 Å². The Morgan fingerprint density at radius 1 is 1.06 bits per heavy atom. The maximum atomic E-state index is 12.1. The van der Waals surface area contributed by atoms with Crippen molar-refractivity contribution in [3.8, 4) is 22.6 Å². The first-order chi connectivity index (χ1) is 15.1. The number of aromatic amines is 2. The SMILES string of the molecule is CC(C)CC(=O)Nc1cncc(-c2cc3c(-c4cc5ccncc5[nH]4)n[nH]c3cn2)c1. The molecular formula is C23H21N7O. The van der Waals surface area contributed by atoms with Gasteiger partial charge in [0.25, 0.3) is 0 Å². The molecule has 5 aromatic rings. The van der Waals surface area contributed by atoms with Crippen molar-refractivity contribution in [2.45, 2.75) is 20.3 Å². The van der Waals surface area contributed by atoms with Gasteiger partial charge in [-0.3, -0.25) is 24.8 Å². The van der Waals surface area contributed by atoms with Crippen molar-refractivity contribution >= 4 is 33.4 Å². The van der Waals surface area contributed by atoms with Crippen LogP contribution in [-0.4, -0.2) is 36.0 Å². The number of carbonyl (C=O) groups is 1. The Morgan fingerprint density at radius 3 is 2.81 bits per heavy atom. The lowest BCUT2D eigenvalue weighted by Gasteiger charge is -2.08. The van der Waals surface area contributed by atoms with E-state index < -0.39 is 0 Å². The number of aromatic nitrogens is 6. The third-order valence-electron chi connectivity index (χ3n) is 5.04. The summed E-state index contributed by atoms with van der Waals surface area (Å²) < 4.78 is 0. The topological polar surface area (TPSA) is 112 Å². The highest BCUT2D eigenvalue weighted by Gasteiger charge is 2.14. The van der Waals surface area contributed by atoms with Gasteiger partial charge < -0.3 is 10.3 Å². The average molecular weight is 411 g/mol. The number of fused-ring (bicyclic) bond motifs is 2. The van der Waals surface area contributed by atoms with Crippen LogP contribution < -0.4 is 5.32 Å². The summed E-state index contributed by atoms with van der Waals surface area (Å²) in [6, 6.07) is 7.88. The summed E-state index contributed by atoms with van der Waals surface area (Å²) in [5.41, 5.74) is 5.73. The minimum atomic E-state index is -0.0252. The zero-order valence-corrected chi connectivity index (χ0v) is 17.2. The lowest BCUT2D eigenvalue weighted by molar-refractivity contribution is -0.116. The molecule has 0 atom stereocenters. The number of anilines is 1. The predicted molar refractivity (Wildman–Crippen MR) is 120 cm³/mol. The second-order valence-electron chi connectivity index (χ2n) is 7.94. The summed E-state index contributed by atoms with van der Waals surface area (Å²) in [6.07, 6.45) is 9.17. The molecule has 0 fully saturated rings. The monoisotopic (exact) mass is 411 g/mol. The molecule has 8 nitrogen and oxygen atoms in total. The third-order valence-corrected chi connectivity index (χ3v) is 5.04. The minimum absolute atomic E-state index is 0.0252. The van der Waals surface area contributed by atoms with E-state index in [0.717, 1.165) is 44.5 Å². The predicted octanol–water partition coefficient (Wildman–Crippen LogP) is 4.55. The molecule has 0 bridgehead atoms. The first-order valence-electron chi connectivity index (χ1n) is 10.1. The molecule has 0 saturated heterocycles. The van der Waals surface area contributed by atoms with Crippen molar-refractivity contribution in [2.75, 3.05) is 5.32 Å². The molecule has 0 saturated carbocycles. The zero-order valence-electron chi connectivity index (χ0n) is 17.2. The first kappa shape index (κ1) is 18.9. The minimum Gasteiger partial charge on any atom is -0.352 e. The smallest absolute Gasteiger partial charge is 0.224 e. The van der Waals surface area contributed by atoms with Gasteiger partial charge >= 0.3 is 0 Å². The fraction of sp³-hybridized carbons (Fsp3) is 0.174. The van der Waals surface area contributed by atoms with Gasteiger partial charge in [-0.2, -0.15) is 5.10 Å². The number of carbonyl (C=O) groups excluding carboxylic acids is 1. The van der Waals surface area contributed by atoms with Crippen LogP contribution in [-0.2, 0) is 4.79 Å². The van der Waals surface area contributed by atoms with E-state index in [4.69, 9.17) is 0 Å². The van der Waals surface area contributed by atoms with E-state index in [1.165, 1.54) is 0 Å². The molecule has 0 spiro atoms. The highest BCUT2D eigenvalue weighted by atomic mass is 16.1. The molecule has 0 aromatic carbocycles. The summed E-state index contributed by atoms with van der Waals surface area (Å²) >= 11 is 0. The van der Waals surface area contributed by atoms with E-state index in [-0.39, 0.29) is 5.91 Å². The average Bonchev–Trinajstić information content (AvgIpc) is 3.36. The number of nitrogens with one attached hydrogen (secondary N) is 3. The molecular weight excluding hydrogens is 390 g/mol. The Hall–Kier alpha value is -4.07. The highest BCUT2D eigenvalue weighted by Crippen LogP contribution is 2.30. The van der Waals surface area contributed by atoms with Crippen LogP contribution in [0.15, 0.2) is 55.2 Å². The maximum absolute atomic E-state index is 12.1. The Labute approximate surface area is 178 Å². The van der Waals surface area contributed by atoms with Crippen molar-refractivity contribution in [1.82, 2.24) is 30.1 Å². The van der Waals surface area contributed by atoms with Crippen LogP contribution in [0.4, 0.5) is 5.69 Å². The van der Waals surface area contributed by atoms with Gasteiger partial charge in [0.15, 0.2) is 0 Å². The number of hydrogen-bond acceptors (Lipinski definition) is 5. The molecule has 8 heteroatoms. The van der Waals surface area contributed by atoms with Gasteiger partial charge in [0, 0.05) is 35.2 Å². The van der Waals surface area contributed by atoms with Crippen LogP contribution in [0.1, 0.15) is 20.3 Å². The van der Waals surface area contributed by atoms with Gasteiger partial charge in [-0.25, -0.2) is 0 Å². The van der Waals surface area contributed by atoms with E-state index in [2.05, 4.69) is 41.5 Å². The number of H-pyrrole nitrogens is 2. The Kier molecular flexibility index (Phi) is 4.66. The number of rotatable bonds is 5. The Bertz CT molecular complexity index is 1370. The molecule has 0 aliphatic heterocycles. The van der Waals surface area contributed by atoms with Gasteiger partial charge in [-0.15, -0.1) is 0 Å². The van der Waals surface area contributed by atoms with E-state index in [1.54, 1.807) is 31.0 Å². The number of nitrogens with zero attached hydrogens (tertiary/aromatic N) is 4. The van der Waals surface area contributed by atoms with Crippen molar-refractivity contribution in [2.24, 2.45) is 5.92 Å². The normalized spacial score (nSPS) is 11.5. The molecule has 3 N–H and O–H groups in total. The largest absolute Gasteiger partial charge is 0.352 e. The lowest BCUT2D eigenvalue weighted by atomic mass is 10.1. The molecule has 5 heterocycles. The van der Waals surface area contributed by atoms with Crippen molar-refractivity contribution in [3.05, 3.63) is 55.2 Å². The van der Waals surface area contributed by atoms with Crippen LogP contribution in [0.25, 0.3) is 44.5 Å². The van der Waals surface area contributed by atoms with Gasteiger partial charge in [0.2, 0.25) is 5.91 Å². The molecule has 5 rings (SSSR count). The van der Waals surface area contributed by atoms with E-state index >= 15 is 0 Å². The molecule has 0 aliphatic carbocycles. The number of hydrogen-bond donors (Lipinski definition) is 3. The Balaban J connectivity index is 1.51. The van der Waals surface area contributed by atoms with E-state index in [1.807, 2.05) is 32.0 Å². The summed E-state index contributed by atoms with van der Waals surface area (Å²) in [5, 5.41) is 12.5. The quantitative estimate of drug-likeness (QED) is 0.393. The zero-order chi connectivity index (χ0) is 21.4.